The lowest BCUT2D eigenvalue weighted by molar-refractivity contribution is 0.262. The van der Waals surface area contributed by atoms with Gasteiger partial charge in [-0.2, -0.15) is 0 Å². The summed E-state index contributed by atoms with van der Waals surface area (Å²) in [6.07, 6.45) is 1.80. The average Bonchev–Trinajstić information content (AvgIpc) is 2.88. The van der Waals surface area contributed by atoms with Crippen molar-refractivity contribution in [3.8, 4) is 0 Å². The summed E-state index contributed by atoms with van der Waals surface area (Å²) in [7, 11) is 0. The second-order valence-corrected chi connectivity index (χ2v) is 6.60. The van der Waals surface area contributed by atoms with Crippen molar-refractivity contribution < 1.29 is 4.79 Å². The number of benzene rings is 1. The first kappa shape index (κ1) is 15.5. The number of aryl methyl sites for hydroxylation is 2. The summed E-state index contributed by atoms with van der Waals surface area (Å²) in [5, 5.41) is 13.8. The molecule has 0 aliphatic rings. The molecule has 21 heavy (non-hydrogen) atoms. The van der Waals surface area contributed by atoms with Gasteiger partial charge in [-0.15, -0.1) is 16.8 Å². The molecule has 0 saturated carbocycles. The third-order valence-electron chi connectivity index (χ3n) is 2.72. The summed E-state index contributed by atoms with van der Waals surface area (Å²) < 4.78 is 0.802. The lowest BCUT2D eigenvalue weighted by Crippen LogP contribution is -2.19. The van der Waals surface area contributed by atoms with E-state index in [-0.39, 0.29) is 6.03 Å². The maximum Gasteiger partial charge on any atom is 0.325 e. The fourth-order valence-electron chi connectivity index (χ4n) is 1.53. The van der Waals surface area contributed by atoms with E-state index in [0.29, 0.717) is 5.13 Å². The Morgan fingerprint density at radius 2 is 2.14 bits per heavy atom. The number of aromatic nitrogens is 2. The molecule has 0 radical (unpaired) electrons. The fraction of sp³-hybridized carbons (Fsp3) is 0.214. The van der Waals surface area contributed by atoms with Crippen LogP contribution >= 0.6 is 23.1 Å². The molecule has 0 spiro atoms. The fourth-order valence-corrected chi connectivity index (χ4v) is 3.04. The summed E-state index contributed by atoms with van der Waals surface area (Å²) in [6.45, 7) is 7.68. The number of carbonyl (C=O) groups excluding carboxylic acids is 1. The van der Waals surface area contributed by atoms with Crippen LogP contribution in [0.15, 0.2) is 35.2 Å². The Morgan fingerprint density at radius 1 is 1.33 bits per heavy atom. The van der Waals surface area contributed by atoms with Crippen LogP contribution in [0.2, 0.25) is 0 Å². The van der Waals surface area contributed by atoms with Gasteiger partial charge >= 0.3 is 6.03 Å². The van der Waals surface area contributed by atoms with Crippen LogP contribution < -0.4 is 10.6 Å². The van der Waals surface area contributed by atoms with Crippen LogP contribution in [0.4, 0.5) is 15.6 Å². The van der Waals surface area contributed by atoms with Crippen molar-refractivity contribution >= 4 is 39.9 Å². The lowest BCUT2D eigenvalue weighted by atomic mass is 10.1. The SMILES string of the molecule is C=CCSc1nnc(NC(=O)Nc2ccc(C)c(C)c2)s1. The predicted molar refractivity (Wildman–Crippen MR) is 89.4 cm³/mol. The van der Waals surface area contributed by atoms with E-state index in [4.69, 9.17) is 0 Å². The Balaban J connectivity index is 1.93. The molecule has 110 valence electrons. The third-order valence-corrected chi connectivity index (χ3v) is 4.68. The molecule has 1 aromatic heterocycles. The van der Waals surface area contributed by atoms with E-state index in [1.165, 1.54) is 28.7 Å². The van der Waals surface area contributed by atoms with Gasteiger partial charge in [-0.3, -0.25) is 5.32 Å². The summed E-state index contributed by atoms with van der Waals surface area (Å²) in [4.78, 5) is 11.9. The first-order valence-electron chi connectivity index (χ1n) is 6.31. The first-order chi connectivity index (χ1) is 10.1. The quantitative estimate of drug-likeness (QED) is 0.495. The standard InChI is InChI=1S/C14H16N4OS2/c1-4-7-20-14-18-17-13(21-14)16-12(19)15-11-6-5-9(2)10(3)8-11/h4-6,8H,1,7H2,2-3H3,(H2,15,16,17,19). The number of hydrogen-bond donors (Lipinski definition) is 2. The van der Waals surface area contributed by atoms with Gasteiger partial charge in [-0.05, 0) is 37.1 Å². The monoisotopic (exact) mass is 320 g/mol. The van der Waals surface area contributed by atoms with Crippen LogP contribution in [0.1, 0.15) is 11.1 Å². The Labute approximate surface area is 131 Å². The minimum absolute atomic E-state index is 0.324. The van der Waals surface area contributed by atoms with Gasteiger partial charge in [0.1, 0.15) is 0 Å². The van der Waals surface area contributed by atoms with Gasteiger partial charge in [0.25, 0.3) is 0 Å². The molecule has 0 fully saturated rings. The van der Waals surface area contributed by atoms with E-state index in [2.05, 4.69) is 27.4 Å². The largest absolute Gasteiger partial charge is 0.325 e. The van der Waals surface area contributed by atoms with Crippen molar-refractivity contribution in [3.05, 3.63) is 42.0 Å². The average molecular weight is 320 g/mol. The number of thioether (sulfide) groups is 1. The number of urea groups is 1. The normalized spacial score (nSPS) is 10.2. The molecule has 5 nitrogen and oxygen atoms in total. The van der Waals surface area contributed by atoms with Crippen molar-refractivity contribution in [2.45, 2.75) is 18.2 Å². The molecule has 7 heteroatoms. The Bertz CT molecular complexity index is 654. The highest BCUT2D eigenvalue weighted by Gasteiger charge is 2.08. The van der Waals surface area contributed by atoms with Crippen LogP contribution in [-0.4, -0.2) is 22.0 Å². The minimum atomic E-state index is -0.324. The van der Waals surface area contributed by atoms with Crippen molar-refractivity contribution in [1.82, 2.24) is 10.2 Å². The van der Waals surface area contributed by atoms with E-state index >= 15 is 0 Å². The predicted octanol–water partition coefficient (Wildman–Crippen LogP) is 4.08. The van der Waals surface area contributed by atoms with Gasteiger partial charge in [0.2, 0.25) is 5.13 Å². The van der Waals surface area contributed by atoms with E-state index in [9.17, 15) is 4.79 Å². The van der Waals surface area contributed by atoms with Gasteiger partial charge < -0.3 is 5.32 Å². The van der Waals surface area contributed by atoms with Crippen LogP contribution in [0.5, 0.6) is 0 Å². The maximum atomic E-state index is 11.9. The molecule has 2 amide bonds. The van der Waals surface area contributed by atoms with E-state index in [0.717, 1.165) is 21.3 Å². The number of hydrogen-bond acceptors (Lipinski definition) is 5. The molecule has 0 atom stereocenters. The zero-order chi connectivity index (χ0) is 15.2. The van der Waals surface area contributed by atoms with Gasteiger partial charge in [0, 0.05) is 11.4 Å². The highest BCUT2D eigenvalue weighted by molar-refractivity contribution is 8.01. The van der Waals surface area contributed by atoms with Gasteiger partial charge in [0.15, 0.2) is 4.34 Å². The van der Waals surface area contributed by atoms with Crippen LogP contribution in [-0.2, 0) is 0 Å². The summed E-state index contributed by atoms with van der Waals surface area (Å²) in [6, 6.07) is 5.45. The molecule has 0 unspecified atom stereocenters. The first-order valence-corrected chi connectivity index (χ1v) is 8.11. The minimum Gasteiger partial charge on any atom is -0.308 e. The molecule has 0 saturated heterocycles. The number of amides is 2. The maximum absolute atomic E-state index is 11.9. The number of anilines is 2. The highest BCUT2D eigenvalue weighted by atomic mass is 32.2. The summed E-state index contributed by atoms with van der Waals surface area (Å²) in [5.74, 6) is 0.767. The van der Waals surface area contributed by atoms with E-state index in [1.54, 1.807) is 6.08 Å². The summed E-state index contributed by atoms with van der Waals surface area (Å²) in [5.41, 5.74) is 3.07. The van der Waals surface area contributed by atoms with E-state index in [1.807, 2.05) is 32.0 Å². The molecular weight excluding hydrogens is 304 g/mol. The van der Waals surface area contributed by atoms with Gasteiger partial charge in [-0.25, -0.2) is 4.79 Å². The topological polar surface area (TPSA) is 66.9 Å². The third kappa shape index (κ3) is 4.57. The molecule has 2 N–H and O–H groups in total. The van der Waals surface area contributed by atoms with Crippen molar-refractivity contribution in [1.29, 1.82) is 0 Å². The Kier molecular flexibility index (Phi) is 5.35. The van der Waals surface area contributed by atoms with Crippen LogP contribution in [0.25, 0.3) is 0 Å². The van der Waals surface area contributed by atoms with Crippen LogP contribution in [0.3, 0.4) is 0 Å². The van der Waals surface area contributed by atoms with Crippen molar-refractivity contribution in [2.24, 2.45) is 0 Å². The van der Waals surface area contributed by atoms with Crippen molar-refractivity contribution in [2.75, 3.05) is 16.4 Å². The zero-order valence-corrected chi connectivity index (χ0v) is 13.5. The number of nitrogens with zero attached hydrogens (tertiary/aromatic N) is 2. The highest BCUT2D eigenvalue weighted by Crippen LogP contribution is 2.25. The molecule has 2 rings (SSSR count). The molecule has 0 aliphatic heterocycles. The summed E-state index contributed by atoms with van der Waals surface area (Å²) >= 11 is 2.87. The lowest BCUT2D eigenvalue weighted by Gasteiger charge is -2.07. The van der Waals surface area contributed by atoms with Crippen molar-refractivity contribution in [3.63, 3.8) is 0 Å². The molecular formula is C14H16N4OS2. The second-order valence-electron chi connectivity index (χ2n) is 4.35. The van der Waals surface area contributed by atoms with Crippen LogP contribution in [0, 0.1) is 13.8 Å². The zero-order valence-electron chi connectivity index (χ0n) is 11.8. The molecule has 0 bridgehead atoms. The Morgan fingerprint density at radius 3 is 2.86 bits per heavy atom. The van der Waals surface area contributed by atoms with Gasteiger partial charge in [-0.1, -0.05) is 35.2 Å². The smallest absolute Gasteiger partial charge is 0.308 e. The van der Waals surface area contributed by atoms with E-state index < -0.39 is 0 Å². The number of carbonyl (C=O) groups is 1. The molecule has 1 aromatic carbocycles. The number of nitrogens with one attached hydrogen (secondary N) is 2. The van der Waals surface area contributed by atoms with Gasteiger partial charge in [0.05, 0.1) is 0 Å². The molecule has 2 aromatic rings. The Hall–Kier alpha value is -1.86. The molecule has 1 heterocycles. The molecule has 0 aliphatic carbocycles. The second kappa shape index (κ2) is 7.24. The number of rotatable bonds is 5.